The highest BCUT2D eigenvalue weighted by Crippen LogP contribution is 2.20. The fourth-order valence-electron chi connectivity index (χ4n) is 2.48. The van der Waals surface area contributed by atoms with Gasteiger partial charge in [-0.2, -0.15) is 0 Å². The molecule has 0 saturated heterocycles. The Kier molecular flexibility index (Phi) is 3.56. The molecule has 0 saturated carbocycles. The van der Waals surface area contributed by atoms with E-state index in [1.165, 1.54) is 0 Å². The zero-order chi connectivity index (χ0) is 14.1. The van der Waals surface area contributed by atoms with Crippen molar-refractivity contribution in [3.63, 3.8) is 0 Å². The monoisotopic (exact) mass is 334 g/mol. The molecule has 0 fully saturated rings. The molecule has 2 heterocycles. The van der Waals surface area contributed by atoms with Crippen LogP contribution < -0.4 is 5.32 Å². The highest BCUT2D eigenvalue weighted by molar-refractivity contribution is 9.10. The molecule has 1 unspecified atom stereocenters. The van der Waals surface area contributed by atoms with Crippen molar-refractivity contribution in [3.05, 3.63) is 46.0 Å². The molecule has 1 N–H and O–H groups in total. The van der Waals surface area contributed by atoms with E-state index in [1.54, 1.807) is 6.07 Å². The van der Waals surface area contributed by atoms with Gasteiger partial charge in [0.25, 0.3) is 5.91 Å². The van der Waals surface area contributed by atoms with Crippen LogP contribution in [0.3, 0.4) is 0 Å². The number of amides is 1. The lowest BCUT2D eigenvalue weighted by Crippen LogP contribution is -2.28. The third-order valence-electron chi connectivity index (χ3n) is 3.49. The number of hydrogen-bond acceptors (Lipinski definition) is 3. The van der Waals surface area contributed by atoms with E-state index in [1.807, 2.05) is 25.1 Å². The first-order chi connectivity index (χ1) is 9.66. The van der Waals surface area contributed by atoms with Gasteiger partial charge in [-0.15, -0.1) is 10.2 Å². The van der Waals surface area contributed by atoms with Crippen molar-refractivity contribution in [1.82, 2.24) is 20.1 Å². The molecule has 2 aromatic rings. The van der Waals surface area contributed by atoms with Gasteiger partial charge in [0.05, 0.1) is 11.6 Å². The summed E-state index contributed by atoms with van der Waals surface area (Å²) in [6, 6.07) is 7.22. The largest absolute Gasteiger partial charge is 0.342 e. The van der Waals surface area contributed by atoms with Crippen LogP contribution in [-0.2, 0) is 13.0 Å². The van der Waals surface area contributed by atoms with E-state index in [0.717, 1.165) is 35.5 Å². The molecule has 0 bridgehead atoms. The minimum absolute atomic E-state index is 0.111. The molecule has 1 atom stereocenters. The van der Waals surface area contributed by atoms with Gasteiger partial charge in [0, 0.05) is 17.4 Å². The van der Waals surface area contributed by atoms with Crippen molar-refractivity contribution in [3.8, 4) is 0 Å². The van der Waals surface area contributed by atoms with Gasteiger partial charge in [-0.05, 0) is 41.4 Å². The zero-order valence-corrected chi connectivity index (χ0v) is 12.7. The highest BCUT2D eigenvalue weighted by atomic mass is 79.9. The number of nitrogens with one attached hydrogen (secondary N) is 1. The van der Waals surface area contributed by atoms with Crippen LogP contribution in [0.25, 0.3) is 0 Å². The number of carbonyl (C=O) groups is 1. The summed E-state index contributed by atoms with van der Waals surface area (Å²) < 4.78 is 2.89. The molecule has 3 rings (SSSR count). The minimum Gasteiger partial charge on any atom is -0.342 e. The zero-order valence-electron chi connectivity index (χ0n) is 11.1. The van der Waals surface area contributed by atoms with Crippen molar-refractivity contribution >= 4 is 21.8 Å². The van der Waals surface area contributed by atoms with Gasteiger partial charge in [-0.1, -0.05) is 12.1 Å². The standard InChI is InChI=1S/C14H15BrN4O/c1-9(13-18-17-12-7-4-8-19(12)13)16-14(20)10-5-2-3-6-11(10)15/h2-3,5-6,9H,4,7-8H2,1H3,(H,16,20). The average Bonchev–Trinajstić information content (AvgIpc) is 3.00. The molecule has 1 aliphatic rings. The molecule has 0 radical (unpaired) electrons. The van der Waals surface area contributed by atoms with Crippen LogP contribution in [0.4, 0.5) is 0 Å². The second-order valence-corrected chi connectivity index (χ2v) is 5.76. The normalized spacial score (nSPS) is 14.9. The number of carbonyl (C=O) groups excluding carboxylic acids is 1. The van der Waals surface area contributed by atoms with E-state index >= 15 is 0 Å². The third-order valence-corrected chi connectivity index (χ3v) is 4.18. The molecule has 1 aliphatic heterocycles. The van der Waals surface area contributed by atoms with E-state index in [2.05, 4.69) is 36.0 Å². The van der Waals surface area contributed by atoms with Gasteiger partial charge in [0.1, 0.15) is 5.82 Å². The van der Waals surface area contributed by atoms with Gasteiger partial charge < -0.3 is 9.88 Å². The van der Waals surface area contributed by atoms with Crippen molar-refractivity contribution < 1.29 is 4.79 Å². The summed E-state index contributed by atoms with van der Waals surface area (Å²) in [6.45, 7) is 2.87. The summed E-state index contributed by atoms with van der Waals surface area (Å²) in [5.74, 6) is 1.74. The van der Waals surface area contributed by atoms with Gasteiger partial charge >= 0.3 is 0 Å². The Hall–Kier alpha value is -1.69. The summed E-state index contributed by atoms with van der Waals surface area (Å²) in [6.07, 6.45) is 2.07. The third kappa shape index (κ3) is 2.35. The highest BCUT2D eigenvalue weighted by Gasteiger charge is 2.23. The molecular formula is C14H15BrN4O. The Morgan fingerprint density at radius 1 is 1.40 bits per heavy atom. The predicted octanol–water partition coefficient (Wildman–Crippen LogP) is 2.48. The summed E-state index contributed by atoms with van der Waals surface area (Å²) in [5, 5.41) is 11.3. The molecule has 1 aromatic carbocycles. The fraction of sp³-hybridized carbons (Fsp3) is 0.357. The van der Waals surface area contributed by atoms with E-state index in [9.17, 15) is 4.79 Å². The Balaban J connectivity index is 1.77. The first-order valence-corrected chi connectivity index (χ1v) is 7.43. The first-order valence-electron chi connectivity index (χ1n) is 6.64. The molecule has 0 spiro atoms. The SMILES string of the molecule is CC(NC(=O)c1ccccc1Br)c1nnc2n1CCC2. The van der Waals surface area contributed by atoms with Crippen LogP contribution in [0.15, 0.2) is 28.7 Å². The molecule has 0 aliphatic carbocycles. The minimum atomic E-state index is -0.158. The average molecular weight is 335 g/mol. The Morgan fingerprint density at radius 2 is 2.20 bits per heavy atom. The van der Waals surface area contributed by atoms with E-state index in [0.29, 0.717) is 5.56 Å². The van der Waals surface area contributed by atoms with Crippen molar-refractivity contribution in [2.24, 2.45) is 0 Å². The summed E-state index contributed by atoms with van der Waals surface area (Å²) >= 11 is 3.39. The molecule has 6 heteroatoms. The van der Waals surface area contributed by atoms with Gasteiger partial charge in [0.15, 0.2) is 5.82 Å². The summed E-state index contributed by atoms with van der Waals surface area (Å²) in [5.41, 5.74) is 0.625. The number of halogens is 1. The van der Waals surface area contributed by atoms with Crippen molar-refractivity contribution in [2.75, 3.05) is 0 Å². The van der Waals surface area contributed by atoms with E-state index in [-0.39, 0.29) is 11.9 Å². The topological polar surface area (TPSA) is 59.8 Å². The van der Waals surface area contributed by atoms with Gasteiger partial charge in [-0.3, -0.25) is 4.79 Å². The Morgan fingerprint density at radius 3 is 3.00 bits per heavy atom. The van der Waals surface area contributed by atoms with Crippen LogP contribution in [0.5, 0.6) is 0 Å². The Bertz CT molecular complexity index is 652. The number of nitrogens with zero attached hydrogens (tertiary/aromatic N) is 3. The number of hydrogen-bond donors (Lipinski definition) is 1. The van der Waals surface area contributed by atoms with E-state index in [4.69, 9.17) is 0 Å². The second kappa shape index (κ2) is 5.36. The number of benzene rings is 1. The first kappa shape index (κ1) is 13.3. The number of rotatable bonds is 3. The van der Waals surface area contributed by atoms with Crippen LogP contribution in [0, 0.1) is 0 Å². The molecule has 1 aromatic heterocycles. The van der Waals surface area contributed by atoms with Gasteiger partial charge in [-0.25, -0.2) is 0 Å². The van der Waals surface area contributed by atoms with Crippen LogP contribution >= 0.6 is 15.9 Å². The molecule has 20 heavy (non-hydrogen) atoms. The molecular weight excluding hydrogens is 320 g/mol. The smallest absolute Gasteiger partial charge is 0.253 e. The van der Waals surface area contributed by atoms with E-state index < -0.39 is 0 Å². The molecule has 5 nitrogen and oxygen atoms in total. The maximum absolute atomic E-state index is 12.3. The van der Waals surface area contributed by atoms with Crippen LogP contribution in [0.1, 0.15) is 41.4 Å². The second-order valence-electron chi connectivity index (χ2n) is 4.90. The lowest BCUT2D eigenvalue weighted by molar-refractivity contribution is 0.0937. The molecule has 104 valence electrons. The lowest BCUT2D eigenvalue weighted by atomic mass is 10.2. The quantitative estimate of drug-likeness (QED) is 0.937. The maximum Gasteiger partial charge on any atom is 0.253 e. The molecule has 1 amide bonds. The lowest BCUT2D eigenvalue weighted by Gasteiger charge is -2.14. The Labute approximate surface area is 125 Å². The maximum atomic E-state index is 12.3. The number of aryl methyl sites for hydroxylation is 1. The van der Waals surface area contributed by atoms with Crippen molar-refractivity contribution in [1.29, 1.82) is 0 Å². The van der Waals surface area contributed by atoms with Crippen molar-refractivity contribution in [2.45, 2.75) is 32.4 Å². The predicted molar refractivity (Wildman–Crippen MR) is 78.4 cm³/mol. The summed E-state index contributed by atoms with van der Waals surface area (Å²) in [7, 11) is 0. The van der Waals surface area contributed by atoms with Gasteiger partial charge in [0.2, 0.25) is 0 Å². The number of aromatic nitrogens is 3. The van der Waals surface area contributed by atoms with Crippen LogP contribution in [-0.4, -0.2) is 20.7 Å². The summed E-state index contributed by atoms with van der Waals surface area (Å²) in [4.78, 5) is 12.3. The number of fused-ring (bicyclic) bond motifs is 1. The fourth-order valence-corrected chi connectivity index (χ4v) is 2.94. The van der Waals surface area contributed by atoms with Crippen LogP contribution in [0.2, 0.25) is 0 Å².